The van der Waals surface area contributed by atoms with Crippen molar-refractivity contribution in [3.05, 3.63) is 51.8 Å². The molecule has 77 heavy (non-hydrogen) atoms. The monoisotopic (exact) mass is 952 g/mol. The van der Waals surface area contributed by atoms with Gasteiger partial charge in [0, 0.05) is 31.6 Å². The van der Waals surface area contributed by atoms with E-state index in [0.717, 1.165) is 44.5 Å². The van der Waals surface area contributed by atoms with Crippen LogP contribution in [0.25, 0.3) is 291 Å². The van der Waals surface area contributed by atoms with Crippen molar-refractivity contribution in [2.75, 3.05) is 26.2 Å². The Kier molecular flexibility index (Phi) is 2.95. The summed E-state index contributed by atoms with van der Waals surface area (Å²) in [6.07, 6.45) is 9.71. The van der Waals surface area contributed by atoms with Gasteiger partial charge in [-0.1, -0.05) is 12.5 Å². The molecule has 0 radical (unpaired) electrons. The Balaban J connectivity index is 0.892. The van der Waals surface area contributed by atoms with Gasteiger partial charge < -0.3 is 10.2 Å². The maximum atomic E-state index is 13.2. The van der Waals surface area contributed by atoms with Crippen LogP contribution in [0.3, 0.4) is 0 Å². The Morgan fingerprint density at radius 2 is 0.597 bits per heavy atom. The van der Waals surface area contributed by atoms with Gasteiger partial charge in [-0.3, -0.25) is 4.79 Å². The first-order valence-corrected chi connectivity index (χ1v) is 29.2. The van der Waals surface area contributed by atoms with Crippen molar-refractivity contribution >= 4 is 297 Å². The zero-order valence-electron chi connectivity index (χ0n) is 40.2. The Labute approximate surface area is 423 Å². The van der Waals surface area contributed by atoms with Crippen LogP contribution >= 0.6 is 0 Å². The number of likely N-dealkylation sites (tertiary alicyclic amines) is 1. The van der Waals surface area contributed by atoms with Crippen molar-refractivity contribution in [3.63, 3.8) is 0 Å². The number of carbonyl (C=O) groups is 1. The molecule has 1 aliphatic heterocycles. The van der Waals surface area contributed by atoms with E-state index in [-0.39, 0.29) is 16.7 Å². The lowest BCUT2D eigenvalue weighted by Gasteiger charge is -2.49. The standard InChI is InChI=1S/C74H20N2O/c77-14(75-10-13-6-3-4-7-13)8-2-1-5-9-76-11-73-69-61-53-43-33-25-17-15-16-19-23-21(17)29-37-31(23)41-35-27(19)28-20(16)24-22-18(15)26(25)34-40-30(22)38-32(24)42-36(28)46-45(35)55-49(41)59-51(37)57(47(53)39(29)33)65(69)67(59)71-63(55)64-56(46)50(42)60-52(38)58-48(40)54(44(34)43)62(61)70(73)66(58)68(60)72(64)74(71,73)12-76/h3-4,6H,1-2,5,8-12H2,(H,75,77). The Hall–Kier alpha value is -8.85. The van der Waals surface area contributed by atoms with Crippen LogP contribution in [0.2, 0.25) is 0 Å². The largest absolute Gasteiger partial charge is 0.351 e. The van der Waals surface area contributed by atoms with Crippen LogP contribution in [0.5, 0.6) is 0 Å². The molecule has 1 heterocycles. The lowest BCUT2D eigenvalue weighted by atomic mass is 9.50. The number of benzene rings is 18. The zero-order valence-corrected chi connectivity index (χ0v) is 40.2. The number of nitrogens with zero attached hydrogens (tertiary/aromatic N) is 1. The van der Waals surface area contributed by atoms with E-state index < -0.39 is 0 Å². The third-order valence-corrected chi connectivity index (χ3v) is 27.1. The van der Waals surface area contributed by atoms with Gasteiger partial charge in [-0.15, -0.1) is 5.73 Å². The topological polar surface area (TPSA) is 32.3 Å². The minimum absolute atomic E-state index is 0.169. The van der Waals surface area contributed by atoms with Crippen LogP contribution < -0.4 is 5.32 Å². The number of hydrogen-bond donors (Lipinski definition) is 1. The summed E-state index contributed by atoms with van der Waals surface area (Å²) < 4.78 is 0. The van der Waals surface area contributed by atoms with Crippen LogP contribution in [0.15, 0.2) is 29.5 Å². The van der Waals surface area contributed by atoms with Gasteiger partial charge in [-0.25, -0.2) is 0 Å². The third-order valence-electron chi connectivity index (χ3n) is 27.1. The van der Waals surface area contributed by atoms with E-state index in [2.05, 4.69) is 22.0 Å². The fourth-order valence-corrected chi connectivity index (χ4v) is 26.6. The molecule has 0 bridgehead atoms. The second-order valence-electron chi connectivity index (χ2n) is 28.1. The molecule has 5 aliphatic carbocycles. The Bertz CT molecular complexity index is 7010. The molecule has 2 spiro atoms. The van der Waals surface area contributed by atoms with E-state index >= 15 is 0 Å². The molecule has 28 aromatic carbocycles. The molecule has 3 heteroatoms. The SMILES string of the molecule is O=C(CCCCCN1CC23c4c5c6c7c8c9c(c%10c%11c2c2c4c4c%12c5c5c6c6c8c8c%13c9c9c%10c%10c%11c%11c2c2c4c4c%12c%12c5c5c6c8c6c8c%13c9c9c%10c%10c%11c2c2c4c4c%12c5c6c5c8c9c%10c2c45)C73C1)NCC1=C=CC=C1. The number of hydrogen-bond acceptors (Lipinski definition) is 2. The lowest BCUT2D eigenvalue weighted by molar-refractivity contribution is -0.121. The maximum Gasteiger partial charge on any atom is 0.220 e. The first kappa shape index (κ1) is 30.6. The normalized spacial score (nSPS) is 22.4. The van der Waals surface area contributed by atoms with Crippen molar-refractivity contribution in [1.82, 2.24) is 10.2 Å². The first-order valence-electron chi connectivity index (χ1n) is 29.2. The summed E-state index contributed by atoms with van der Waals surface area (Å²) in [6, 6.07) is 0. The minimum atomic E-state index is -0.198. The molecule has 34 rings (SSSR count). The summed E-state index contributed by atoms with van der Waals surface area (Å²) in [5.41, 5.74) is 11.1. The number of nitrogens with one attached hydrogen (secondary N) is 1. The first-order chi connectivity index (χ1) is 38.3. The third kappa shape index (κ3) is 1.83. The Morgan fingerprint density at radius 3 is 0.831 bits per heavy atom. The van der Waals surface area contributed by atoms with Crippen molar-refractivity contribution in [2.45, 2.75) is 36.5 Å². The fourth-order valence-electron chi connectivity index (χ4n) is 26.6. The van der Waals surface area contributed by atoms with Gasteiger partial charge in [0.05, 0.1) is 10.8 Å². The van der Waals surface area contributed by atoms with Gasteiger partial charge in [0.2, 0.25) is 5.91 Å². The molecule has 3 nitrogen and oxygen atoms in total. The van der Waals surface area contributed by atoms with Gasteiger partial charge in [-0.2, -0.15) is 0 Å². The highest BCUT2D eigenvalue weighted by Crippen LogP contribution is 2.85. The second-order valence-corrected chi connectivity index (χ2v) is 28.1. The molecule has 0 saturated carbocycles. The van der Waals surface area contributed by atoms with Crippen molar-refractivity contribution < 1.29 is 4.79 Å². The molecule has 1 N–H and O–H groups in total. The summed E-state index contributed by atoms with van der Waals surface area (Å²) in [4.78, 5) is 16.2. The predicted molar refractivity (Wildman–Crippen MR) is 323 cm³/mol. The van der Waals surface area contributed by atoms with E-state index in [9.17, 15) is 4.79 Å². The minimum Gasteiger partial charge on any atom is -0.351 e. The van der Waals surface area contributed by atoms with Crippen molar-refractivity contribution in [3.8, 4) is 0 Å². The number of amides is 1. The molecule has 0 atom stereocenters. The number of allylic oxidation sites excluding steroid dienone is 1. The summed E-state index contributed by atoms with van der Waals surface area (Å²) in [5.74, 6) is 0.169. The van der Waals surface area contributed by atoms with Crippen LogP contribution in [-0.4, -0.2) is 37.0 Å². The zero-order chi connectivity index (χ0) is 46.4. The van der Waals surface area contributed by atoms with Crippen molar-refractivity contribution in [1.29, 1.82) is 0 Å². The predicted octanol–water partition coefficient (Wildman–Crippen LogP) is 17.9. The van der Waals surface area contributed by atoms with E-state index in [1.54, 1.807) is 313 Å². The molecular weight excluding hydrogens is 933 g/mol. The molecule has 332 valence electrons. The average Bonchev–Trinajstić information content (AvgIpc) is 1.49. The van der Waals surface area contributed by atoms with Gasteiger partial charge >= 0.3 is 0 Å². The summed E-state index contributed by atoms with van der Waals surface area (Å²) in [6.45, 7) is 3.82. The average molecular weight is 953 g/mol. The Morgan fingerprint density at radius 1 is 0.351 bits per heavy atom. The summed E-state index contributed by atoms with van der Waals surface area (Å²) >= 11 is 0. The molecular formula is C74H20N2O. The van der Waals surface area contributed by atoms with Crippen LogP contribution in [0.1, 0.15) is 47.9 Å². The fraction of sp³-hybridized carbons (Fsp3) is 0.135. The quantitative estimate of drug-likeness (QED) is 0.0935. The van der Waals surface area contributed by atoms with Gasteiger partial charge in [0.1, 0.15) is 0 Å². The van der Waals surface area contributed by atoms with E-state index in [0.29, 0.717) is 13.0 Å². The smallest absolute Gasteiger partial charge is 0.220 e. The van der Waals surface area contributed by atoms with Crippen LogP contribution in [0.4, 0.5) is 0 Å². The molecule has 1 saturated heterocycles. The van der Waals surface area contributed by atoms with E-state index in [1.807, 2.05) is 12.2 Å². The highest BCUT2D eigenvalue weighted by Gasteiger charge is 2.72. The maximum absolute atomic E-state index is 13.2. The van der Waals surface area contributed by atoms with E-state index in [1.165, 1.54) is 0 Å². The van der Waals surface area contributed by atoms with Crippen LogP contribution in [0, 0.1) is 0 Å². The van der Waals surface area contributed by atoms with E-state index in [4.69, 9.17) is 0 Å². The summed E-state index contributed by atoms with van der Waals surface area (Å²) in [5, 5.41) is 93.5. The molecule has 1 fully saturated rings. The summed E-state index contributed by atoms with van der Waals surface area (Å²) in [7, 11) is 0. The van der Waals surface area contributed by atoms with Crippen molar-refractivity contribution in [2.24, 2.45) is 0 Å². The number of unbranched alkanes of at least 4 members (excludes halogenated alkanes) is 2. The highest BCUT2D eigenvalue weighted by molar-refractivity contribution is 6.82. The lowest BCUT2D eigenvalue weighted by Crippen LogP contribution is -2.51. The molecule has 28 aromatic rings. The van der Waals surface area contributed by atoms with Gasteiger partial charge in [-0.05, 0) is 345 Å². The highest BCUT2D eigenvalue weighted by atomic mass is 16.1. The van der Waals surface area contributed by atoms with Crippen LogP contribution in [-0.2, 0) is 15.6 Å². The molecule has 0 aromatic heterocycles. The number of carbonyl (C=O) groups excluding carboxylic acids is 1. The second kappa shape index (κ2) is 7.41. The number of rotatable bonds is 8. The van der Waals surface area contributed by atoms with Gasteiger partial charge in [0.15, 0.2) is 0 Å². The molecule has 6 aliphatic rings. The molecule has 1 amide bonds. The van der Waals surface area contributed by atoms with Gasteiger partial charge in [0.25, 0.3) is 0 Å². The molecule has 0 unspecified atom stereocenters.